The lowest BCUT2D eigenvalue weighted by Gasteiger charge is -2.08. The molecule has 0 bridgehead atoms. The van der Waals surface area contributed by atoms with Crippen LogP contribution in [0.2, 0.25) is 0 Å². The number of carbonyl (C=O) groups is 1. The summed E-state index contributed by atoms with van der Waals surface area (Å²) in [6.07, 6.45) is -1.25. The van der Waals surface area contributed by atoms with E-state index in [0.29, 0.717) is 10.6 Å². The zero-order valence-electron chi connectivity index (χ0n) is 13.0. The predicted octanol–water partition coefficient (Wildman–Crippen LogP) is 3.38. The van der Waals surface area contributed by atoms with Crippen molar-refractivity contribution >= 4 is 22.9 Å². The second-order valence-corrected chi connectivity index (χ2v) is 5.99. The third kappa shape index (κ3) is 3.21. The van der Waals surface area contributed by atoms with E-state index in [1.165, 1.54) is 6.07 Å². The number of aromatic nitrogens is 4. The van der Waals surface area contributed by atoms with E-state index in [1.54, 1.807) is 0 Å². The Balaban J connectivity index is 1.59. The van der Waals surface area contributed by atoms with E-state index < -0.39 is 18.6 Å². The Hall–Kier alpha value is -2.84. The van der Waals surface area contributed by atoms with Gasteiger partial charge in [-0.2, -0.15) is 18.3 Å². The highest BCUT2D eigenvalue weighted by molar-refractivity contribution is 6.02. The minimum absolute atomic E-state index is 0.0846. The molecule has 25 heavy (non-hydrogen) atoms. The molecule has 3 aromatic rings. The molecule has 6 nitrogen and oxygen atoms in total. The number of nitrogens with zero attached hydrogens (tertiary/aromatic N) is 4. The van der Waals surface area contributed by atoms with Crippen LogP contribution in [0.4, 0.5) is 19.1 Å². The molecule has 130 valence electrons. The van der Waals surface area contributed by atoms with Gasteiger partial charge >= 0.3 is 6.18 Å². The average molecular weight is 349 g/mol. The maximum absolute atomic E-state index is 12.4. The molecule has 0 unspecified atom stereocenters. The van der Waals surface area contributed by atoms with E-state index in [0.717, 1.165) is 30.1 Å². The van der Waals surface area contributed by atoms with Crippen LogP contribution in [0, 0.1) is 0 Å². The third-order valence-electron chi connectivity index (χ3n) is 3.95. The van der Waals surface area contributed by atoms with E-state index >= 15 is 0 Å². The molecular weight excluding hydrogens is 335 g/mol. The Kier molecular flexibility index (Phi) is 3.52. The maximum atomic E-state index is 12.4. The molecule has 1 amide bonds. The van der Waals surface area contributed by atoms with E-state index in [2.05, 4.69) is 15.4 Å². The lowest BCUT2D eigenvalue weighted by molar-refractivity contribution is -0.142. The zero-order valence-corrected chi connectivity index (χ0v) is 13.0. The molecule has 1 aliphatic rings. The van der Waals surface area contributed by atoms with Crippen molar-refractivity contribution in [2.45, 2.75) is 31.6 Å². The van der Waals surface area contributed by atoms with E-state index in [4.69, 9.17) is 0 Å². The second kappa shape index (κ2) is 5.61. The summed E-state index contributed by atoms with van der Waals surface area (Å²) in [5.74, 6) is -0.197. The van der Waals surface area contributed by atoms with E-state index in [9.17, 15) is 18.0 Å². The van der Waals surface area contributed by atoms with Crippen molar-refractivity contribution < 1.29 is 18.0 Å². The SMILES string of the molecule is O=C(Nc1nc2ccccc2n1C1CC1)c1ccn(CC(F)(F)F)n1. The first-order chi connectivity index (χ1) is 11.9. The lowest BCUT2D eigenvalue weighted by atomic mass is 10.3. The van der Waals surface area contributed by atoms with Gasteiger partial charge in [-0.3, -0.25) is 14.8 Å². The van der Waals surface area contributed by atoms with Crippen molar-refractivity contribution in [1.82, 2.24) is 19.3 Å². The second-order valence-electron chi connectivity index (χ2n) is 5.99. The Labute approximate surface area is 140 Å². The van der Waals surface area contributed by atoms with Gasteiger partial charge in [-0.25, -0.2) is 4.98 Å². The predicted molar refractivity (Wildman–Crippen MR) is 84.2 cm³/mol. The monoisotopic (exact) mass is 349 g/mol. The van der Waals surface area contributed by atoms with Crippen LogP contribution in [-0.4, -0.2) is 31.4 Å². The van der Waals surface area contributed by atoms with Gasteiger partial charge in [0.05, 0.1) is 11.0 Å². The summed E-state index contributed by atoms with van der Waals surface area (Å²) in [6, 6.07) is 9.07. The highest BCUT2D eigenvalue weighted by Gasteiger charge is 2.30. The molecule has 2 aromatic heterocycles. The average Bonchev–Trinajstić information content (AvgIpc) is 3.15. The number of hydrogen-bond acceptors (Lipinski definition) is 3. The van der Waals surface area contributed by atoms with Gasteiger partial charge in [-0.05, 0) is 31.0 Å². The van der Waals surface area contributed by atoms with Gasteiger partial charge in [-0.1, -0.05) is 12.1 Å². The van der Waals surface area contributed by atoms with E-state index in [1.807, 2.05) is 28.8 Å². The molecule has 0 atom stereocenters. The molecule has 1 aliphatic carbocycles. The fraction of sp³-hybridized carbons (Fsp3) is 0.312. The minimum atomic E-state index is -4.39. The Morgan fingerprint density at radius 2 is 2.00 bits per heavy atom. The summed E-state index contributed by atoms with van der Waals surface area (Å²) in [6.45, 7) is -1.24. The van der Waals surface area contributed by atoms with Gasteiger partial charge in [0.2, 0.25) is 5.95 Å². The summed E-state index contributed by atoms with van der Waals surface area (Å²) in [5, 5.41) is 6.35. The standard InChI is InChI=1S/C16H14F3N5O/c17-16(18,19)9-23-8-7-12(22-23)14(25)21-15-20-11-3-1-2-4-13(11)24(15)10-5-6-10/h1-4,7-8,10H,5-6,9H2,(H,20,21,25). The number of carbonyl (C=O) groups excluding carboxylic acids is 1. The summed E-state index contributed by atoms with van der Waals surface area (Å²) < 4.78 is 39.8. The molecule has 0 radical (unpaired) electrons. The third-order valence-corrected chi connectivity index (χ3v) is 3.95. The first-order valence-electron chi connectivity index (χ1n) is 7.79. The highest BCUT2D eigenvalue weighted by Crippen LogP contribution is 2.40. The van der Waals surface area contributed by atoms with Crippen molar-refractivity contribution in [2.24, 2.45) is 0 Å². The van der Waals surface area contributed by atoms with Gasteiger partial charge < -0.3 is 4.57 Å². The Morgan fingerprint density at radius 3 is 2.72 bits per heavy atom. The van der Waals surface area contributed by atoms with Gasteiger partial charge in [0, 0.05) is 12.2 Å². The van der Waals surface area contributed by atoms with Crippen LogP contribution in [0.15, 0.2) is 36.5 Å². The first-order valence-corrected chi connectivity index (χ1v) is 7.79. The Bertz CT molecular complexity index is 939. The van der Waals surface area contributed by atoms with Crippen LogP contribution in [0.25, 0.3) is 11.0 Å². The number of para-hydroxylation sites is 2. The number of imidazole rings is 1. The van der Waals surface area contributed by atoms with Gasteiger partial charge in [0.25, 0.3) is 5.91 Å². The number of fused-ring (bicyclic) bond motifs is 1. The molecular formula is C16H14F3N5O. The van der Waals surface area contributed by atoms with Crippen LogP contribution in [0.3, 0.4) is 0 Å². The van der Waals surface area contributed by atoms with Crippen molar-refractivity contribution in [3.8, 4) is 0 Å². The number of alkyl halides is 3. The summed E-state index contributed by atoms with van der Waals surface area (Å²) in [7, 11) is 0. The quantitative estimate of drug-likeness (QED) is 0.785. The van der Waals surface area contributed by atoms with Crippen LogP contribution < -0.4 is 5.32 Å². The maximum Gasteiger partial charge on any atom is 0.408 e. The van der Waals surface area contributed by atoms with Gasteiger partial charge in [0.15, 0.2) is 5.69 Å². The molecule has 1 aromatic carbocycles. The number of amides is 1. The number of rotatable bonds is 4. The fourth-order valence-corrected chi connectivity index (χ4v) is 2.76. The van der Waals surface area contributed by atoms with Crippen molar-refractivity contribution in [3.05, 3.63) is 42.2 Å². The Morgan fingerprint density at radius 1 is 1.24 bits per heavy atom. The molecule has 0 spiro atoms. The first kappa shape index (κ1) is 15.7. The molecule has 1 saturated carbocycles. The lowest BCUT2D eigenvalue weighted by Crippen LogP contribution is -2.20. The van der Waals surface area contributed by atoms with Crippen molar-refractivity contribution in [1.29, 1.82) is 0 Å². The zero-order chi connectivity index (χ0) is 17.6. The largest absolute Gasteiger partial charge is 0.408 e. The number of anilines is 1. The molecule has 4 rings (SSSR count). The fourth-order valence-electron chi connectivity index (χ4n) is 2.76. The number of halogens is 3. The number of nitrogens with one attached hydrogen (secondary N) is 1. The summed E-state index contributed by atoms with van der Waals surface area (Å²) >= 11 is 0. The van der Waals surface area contributed by atoms with E-state index in [-0.39, 0.29) is 11.7 Å². The molecule has 2 heterocycles. The summed E-state index contributed by atoms with van der Waals surface area (Å²) in [4.78, 5) is 16.8. The van der Waals surface area contributed by atoms with Crippen LogP contribution in [0.1, 0.15) is 29.4 Å². The molecule has 1 N–H and O–H groups in total. The van der Waals surface area contributed by atoms with Crippen molar-refractivity contribution in [3.63, 3.8) is 0 Å². The molecule has 0 saturated heterocycles. The van der Waals surface area contributed by atoms with Crippen molar-refractivity contribution in [2.75, 3.05) is 5.32 Å². The highest BCUT2D eigenvalue weighted by atomic mass is 19.4. The molecule has 9 heteroatoms. The number of benzene rings is 1. The van der Waals surface area contributed by atoms with Crippen LogP contribution in [0.5, 0.6) is 0 Å². The smallest absolute Gasteiger partial charge is 0.307 e. The normalized spacial score (nSPS) is 14.8. The molecule has 0 aliphatic heterocycles. The summed E-state index contributed by atoms with van der Waals surface area (Å²) in [5.41, 5.74) is 1.59. The minimum Gasteiger partial charge on any atom is -0.307 e. The van der Waals surface area contributed by atoms with Gasteiger partial charge in [-0.15, -0.1) is 0 Å². The topological polar surface area (TPSA) is 64.7 Å². The molecule has 1 fully saturated rings. The van der Waals surface area contributed by atoms with Crippen LogP contribution >= 0.6 is 0 Å². The van der Waals surface area contributed by atoms with Crippen LogP contribution in [-0.2, 0) is 6.54 Å². The number of hydrogen-bond donors (Lipinski definition) is 1. The van der Waals surface area contributed by atoms with Gasteiger partial charge in [0.1, 0.15) is 6.54 Å².